The van der Waals surface area contributed by atoms with E-state index in [1.807, 2.05) is 30.3 Å². The third kappa shape index (κ3) is 2.67. The topological polar surface area (TPSA) is 59.2 Å². The largest absolute Gasteiger partial charge is 0.334 e. The van der Waals surface area contributed by atoms with Crippen LogP contribution in [0.25, 0.3) is 11.5 Å². The predicted octanol–water partition coefficient (Wildman–Crippen LogP) is 3.40. The molecule has 120 valence electrons. The monoisotopic (exact) mass is 323 g/mol. The van der Waals surface area contributed by atoms with Crippen LogP contribution in [0.2, 0.25) is 0 Å². The molecule has 4 rings (SSSR count). The Hall–Kier alpha value is -3.02. The molecule has 2 heterocycles. The van der Waals surface area contributed by atoms with Gasteiger partial charge in [-0.15, -0.1) is 0 Å². The fourth-order valence-corrected chi connectivity index (χ4v) is 2.85. The summed E-state index contributed by atoms with van der Waals surface area (Å²) in [5.74, 6) is 0.471. The van der Waals surface area contributed by atoms with E-state index in [1.54, 1.807) is 17.0 Å². The summed E-state index contributed by atoms with van der Waals surface area (Å²) in [5, 5.41) is 4.03. The van der Waals surface area contributed by atoms with E-state index in [4.69, 9.17) is 4.52 Å². The molecule has 24 heavy (non-hydrogen) atoms. The molecule has 6 heteroatoms. The van der Waals surface area contributed by atoms with E-state index in [-0.39, 0.29) is 17.6 Å². The van der Waals surface area contributed by atoms with Gasteiger partial charge in [-0.05, 0) is 36.4 Å². The number of hydrogen-bond acceptors (Lipinski definition) is 4. The van der Waals surface area contributed by atoms with Crippen molar-refractivity contribution in [3.05, 3.63) is 66.2 Å². The van der Waals surface area contributed by atoms with Gasteiger partial charge in [0.15, 0.2) is 5.82 Å². The highest BCUT2D eigenvalue weighted by Crippen LogP contribution is 2.31. The van der Waals surface area contributed by atoms with Crippen molar-refractivity contribution in [1.29, 1.82) is 0 Å². The van der Waals surface area contributed by atoms with Gasteiger partial charge in [-0.3, -0.25) is 4.79 Å². The van der Waals surface area contributed by atoms with Crippen LogP contribution in [0.4, 0.5) is 10.1 Å². The highest BCUT2D eigenvalue weighted by molar-refractivity contribution is 5.96. The summed E-state index contributed by atoms with van der Waals surface area (Å²) >= 11 is 0. The van der Waals surface area contributed by atoms with Crippen molar-refractivity contribution in [2.24, 2.45) is 0 Å². The third-order valence-electron chi connectivity index (χ3n) is 4.09. The van der Waals surface area contributed by atoms with Crippen molar-refractivity contribution in [2.75, 3.05) is 11.4 Å². The number of aromatic nitrogens is 2. The molecular formula is C18H14FN3O2. The SMILES string of the molecule is O=C1CC(c2noc(-c3ccccc3)n2)CN1c1ccc(F)cc1. The molecule has 1 aromatic heterocycles. The standard InChI is InChI=1S/C18H14FN3O2/c19-14-6-8-15(9-7-14)22-11-13(10-16(22)23)17-20-18(24-21-17)12-4-2-1-3-5-12/h1-9,13H,10-11H2. The molecule has 1 atom stereocenters. The zero-order chi connectivity index (χ0) is 16.5. The fourth-order valence-electron chi connectivity index (χ4n) is 2.85. The van der Waals surface area contributed by atoms with Gasteiger partial charge < -0.3 is 9.42 Å². The molecule has 1 amide bonds. The minimum Gasteiger partial charge on any atom is -0.334 e. The number of hydrogen-bond donors (Lipinski definition) is 0. The third-order valence-corrected chi connectivity index (χ3v) is 4.09. The first-order valence-corrected chi connectivity index (χ1v) is 7.65. The highest BCUT2D eigenvalue weighted by atomic mass is 19.1. The van der Waals surface area contributed by atoms with Gasteiger partial charge in [0, 0.05) is 30.1 Å². The lowest BCUT2D eigenvalue weighted by Crippen LogP contribution is -2.24. The summed E-state index contributed by atoms with van der Waals surface area (Å²) in [6.45, 7) is 0.457. The molecule has 0 bridgehead atoms. The molecular weight excluding hydrogens is 309 g/mol. The van der Waals surface area contributed by atoms with Gasteiger partial charge in [-0.25, -0.2) is 4.39 Å². The zero-order valence-electron chi connectivity index (χ0n) is 12.7. The van der Waals surface area contributed by atoms with Crippen LogP contribution in [0.1, 0.15) is 18.2 Å². The number of benzene rings is 2. The summed E-state index contributed by atoms with van der Waals surface area (Å²) < 4.78 is 18.4. The molecule has 1 aliphatic heterocycles. The van der Waals surface area contributed by atoms with Crippen molar-refractivity contribution < 1.29 is 13.7 Å². The first kappa shape index (κ1) is 14.6. The second-order valence-corrected chi connectivity index (χ2v) is 5.71. The molecule has 3 aromatic rings. The van der Waals surface area contributed by atoms with Gasteiger partial charge in [0.25, 0.3) is 5.89 Å². The summed E-state index contributed by atoms with van der Waals surface area (Å²) in [6, 6.07) is 15.4. The van der Waals surface area contributed by atoms with Crippen LogP contribution in [0.15, 0.2) is 59.1 Å². The van der Waals surface area contributed by atoms with E-state index < -0.39 is 0 Å². The molecule has 0 aliphatic carbocycles. The van der Waals surface area contributed by atoms with E-state index in [1.165, 1.54) is 12.1 Å². The molecule has 5 nitrogen and oxygen atoms in total. The Balaban J connectivity index is 1.55. The summed E-state index contributed by atoms with van der Waals surface area (Å²) in [6.07, 6.45) is 0.311. The normalized spacial score (nSPS) is 17.5. The van der Waals surface area contributed by atoms with Crippen molar-refractivity contribution in [3.8, 4) is 11.5 Å². The average molecular weight is 323 g/mol. The van der Waals surface area contributed by atoms with Crippen molar-refractivity contribution in [3.63, 3.8) is 0 Å². The summed E-state index contributed by atoms with van der Waals surface area (Å²) in [5.41, 5.74) is 1.52. The molecule has 0 N–H and O–H groups in total. The number of anilines is 1. The van der Waals surface area contributed by atoms with Gasteiger partial charge >= 0.3 is 0 Å². The van der Waals surface area contributed by atoms with Crippen molar-refractivity contribution >= 4 is 11.6 Å². The zero-order valence-corrected chi connectivity index (χ0v) is 12.7. The van der Waals surface area contributed by atoms with Crippen LogP contribution < -0.4 is 4.90 Å². The van der Waals surface area contributed by atoms with Gasteiger partial charge in [0.05, 0.1) is 0 Å². The Morgan fingerprint density at radius 2 is 1.83 bits per heavy atom. The molecule has 2 aromatic carbocycles. The van der Waals surface area contributed by atoms with Crippen molar-refractivity contribution in [1.82, 2.24) is 10.1 Å². The average Bonchev–Trinajstić information content (AvgIpc) is 3.23. The Morgan fingerprint density at radius 3 is 2.58 bits per heavy atom. The van der Waals surface area contributed by atoms with Crippen LogP contribution in [0.5, 0.6) is 0 Å². The van der Waals surface area contributed by atoms with Crippen LogP contribution in [0, 0.1) is 5.82 Å². The van der Waals surface area contributed by atoms with Crippen LogP contribution in [-0.2, 0) is 4.79 Å². The van der Waals surface area contributed by atoms with E-state index >= 15 is 0 Å². The maximum Gasteiger partial charge on any atom is 0.257 e. The summed E-state index contributed by atoms with van der Waals surface area (Å²) in [7, 11) is 0. The maximum atomic E-state index is 13.0. The number of rotatable bonds is 3. The molecule has 1 fully saturated rings. The Morgan fingerprint density at radius 1 is 1.08 bits per heavy atom. The smallest absolute Gasteiger partial charge is 0.257 e. The lowest BCUT2D eigenvalue weighted by atomic mass is 10.1. The minimum atomic E-state index is -0.326. The number of halogens is 1. The van der Waals surface area contributed by atoms with Gasteiger partial charge in [0.2, 0.25) is 5.91 Å². The van der Waals surface area contributed by atoms with Crippen LogP contribution in [0.3, 0.4) is 0 Å². The van der Waals surface area contributed by atoms with Crippen LogP contribution in [-0.4, -0.2) is 22.6 Å². The second kappa shape index (κ2) is 5.88. The Kier molecular flexibility index (Phi) is 3.57. The first-order chi connectivity index (χ1) is 11.7. The first-order valence-electron chi connectivity index (χ1n) is 7.65. The molecule has 0 spiro atoms. The van der Waals surface area contributed by atoms with Gasteiger partial charge in [0.1, 0.15) is 5.82 Å². The number of carbonyl (C=O) groups is 1. The molecule has 1 unspecified atom stereocenters. The fraction of sp³-hybridized carbons (Fsp3) is 0.167. The maximum absolute atomic E-state index is 13.0. The van der Waals surface area contributed by atoms with E-state index in [0.29, 0.717) is 30.4 Å². The number of nitrogens with zero attached hydrogens (tertiary/aromatic N) is 3. The lowest BCUT2D eigenvalue weighted by molar-refractivity contribution is -0.117. The van der Waals surface area contributed by atoms with Crippen LogP contribution >= 0.6 is 0 Å². The molecule has 1 aliphatic rings. The quantitative estimate of drug-likeness (QED) is 0.741. The number of carbonyl (C=O) groups excluding carboxylic acids is 1. The van der Waals surface area contributed by atoms with E-state index in [9.17, 15) is 9.18 Å². The predicted molar refractivity (Wildman–Crippen MR) is 85.8 cm³/mol. The van der Waals surface area contributed by atoms with E-state index in [0.717, 1.165) is 5.56 Å². The van der Waals surface area contributed by atoms with Crippen molar-refractivity contribution in [2.45, 2.75) is 12.3 Å². The Bertz CT molecular complexity index is 861. The molecule has 1 saturated heterocycles. The Labute approximate surface area is 137 Å². The van der Waals surface area contributed by atoms with E-state index in [2.05, 4.69) is 10.1 Å². The second-order valence-electron chi connectivity index (χ2n) is 5.71. The molecule has 0 saturated carbocycles. The number of amides is 1. The highest BCUT2D eigenvalue weighted by Gasteiger charge is 2.34. The lowest BCUT2D eigenvalue weighted by Gasteiger charge is -2.15. The molecule has 0 radical (unpaired) electrons. The minimum absolute atomic E-state index is 0.0299. The van der Waals surface area contributed by atoms with Gasteiger partial charge in [-0.2, -0.15) is 4.98 Å². The summed E-state index contributed by atoms with van der Waals surface area (Å²) in [4.78, 5) is 18.3. The van der Waals surface area contributed by atoms with Gasteiger partial charge in [-0.1, -0.05) is 23.4 Å².